The molecule has 0 aliphatic rings. The first-order valence-electron chi connectivity index (χ1n) is 9.65. The van der Waals surface area contributed by atoms with Gasteiger partial charge in [0.15, 0.2) is 0 Å². The zero-order chi connectivity index (χ0) is 22.1. The minimum atomic E-state index is -3.74. The molecule has 0 atom stereocenters. The SMILES string of the molecule is Cc1ccc(S(=O)(=O)N(C)c2cc(C(=O)Nc3c(C)cccc3C)ccc2C)cc1. The van der Waals surface area contributed by atoms with E-state index in [0.717, 1.165) is 27.9 Å². The molecule has 5 nitrogen and oxygen atoms in total. The molecular weight excluding hydrogens is 396 g/mol. The third-order valence-corrected chi connectivity index (χ3v) is 7.00. The number of hydrogen-bond acceptors (Lipinski definition) is 3. The van der Waals surface area contributed by atoms with E-state index in [0.29, 0.717) is 11.3 Å². The van der Waals surface area contributed by atoms with Crippen molar-refractivity contribution < 1.29 is 13.2 Å². The first-order chi connectivity index (χ1) is 14.1. The Labute approximate surface area is 178 Å². The Bertz CT molecular complexity index is 1180. The number of nitrogens with zero attached hydrogens (tertiary/aromatic N) is 1. The van der Waals surface area contributed by atoms with Gasteiger partial charge in [-0.3, -0.25) is 9.10 Å². The van der Waals surface area contributed by atoms with Crippen LogP contribution >= 0.6 is 0 Å². The highest BCUT2D eigenvalue weighted by atomic mass is 32.2. The van der Waals surface area contributed by atoms with Gasteiger partial charge in [-0.2, -0.15) is 0 Å². The van der Waals surface area contributed by atoms with E-state index >= 15 is 0 Å². The second kappa shape index (κ2) is 8.32. The van der Waals surface area contributed by atoms with E-state index in [1.165, 1.54) is 11.4 Å². The molecule has 0 radical (unpaired) electrons. The van der Waals surface area contributed by atoms with E-state index in [1.807, 2.05) is 45.9 Å². The monoisotopic (exact) mass is 422 g/mol. The minimum Gasteiger partial charge on any atom is -0.322 e. The van der Waals surface area contributed by atoms with Crippen molar-refractivity contribution in [2.24, 2.45) is 0 Å². The van der Waals surface area contributed by atoms with Crippen LogP contribution in [0.1, 0.15) is 32.6 Å². The summed E-state index contributed by atoms with van der Waals surface area (Å²) >= 11 is 0. The largest absolute Gasteiger partial charge is 0.322 e. The molecule has 0 fully saturated rings. The van der Waals surface area contributed by atoms with Crippen LogP contribution in [0, 0.1) is 27.7 Å². The van der Waals surface area contributed by atoms with Crippen molar-refractivity contribution in [1.82, 2.24) is 0 Å². The Morgan fingerprint density at radius 1 is 0.833 bits per heavy atom. The predicted molar refractivity (Wildman–Crippen MR) is 122 cm³/mol. The van der Waals surface area contributed by atoms with Crippen LogP contribution in [0.15, 0.2) is 65.6 Å². The number of para-hydroxylation sites is 1. The number of sulfonamides is 1. The van der Waals surface area contributed by atoms with E-state index in [1.54, 1.807) is 42.5 Å². The smallest absolute Gasteiger partial charge is 0.264 e. The van der Waals surface area contributed by atoms with Gasteiger partial charge in [0.1, 0.15) is 0 Å². The van der Waals surface area contributed by atoms with E-state index < -0.39 is 10.0 Å². The lowest BCUT2D eigenvalue weighted by Crippen LogP contribution is -2.27. The minimum absolute atomic E-state index is 0.209. The van der Waals surface area contributed by atoms with Crippen molar-refractivity contribution in [2.75, 3.05) is 16.7 Å². The number of anilines is 2. The summed E-state index contributed by atoms with van der Waals surface area (Å²) in [7, 11) is -2.24. The van der Waals surface area contributed by atoms with Crippen LogP contribution in [0.25, 0.3) is 0 Å². The molecule has 0 aromatic heterocycles. The molecule has 156 valence electrons. The molecule has 0 spiro atoms. The fourth-order valence-electron chi connectivity index (χ4n) is 3.29. The first kappa shape index (κ1) is 21.6. The Kier molecular flexibility index (Phi) is 5.99. The summed E-state index contributed by atoms with van der Waals surface area (Å²) in [6.07, 6.45) is 0. The summed E-state index contributed by atoms with van der Waals surface area (Å²) in [5.74, 6) is -0.283. The van der Waals surface area contributed by atoms with Gasteiger partial charge in [0.05, 0.1) is 10.6 Å². The Balaban J connectivity index is 1.95. The number of carbonyl (C=O) groups is 1. The lowest BCUT2D eigenvalue weighted by molar-refractivity contribution is 0.102. The van der Waals surface area contributed by atoms with Gasteiger partial charge in [-0.25, -0.2) is 8.42 Å². The highest BCUT2D eigenvalue weighted by Gasteiger charge is 2.23. The van der Waals surface area contributed by atoms with Crippen molar-refractivity contribution in [3.63, 3.8) is 0 Å². The first-order valence-corrected chi connectivity index (χ1v) is 11.1. The second-order valence-corrected chi connectivity index (χ2v) is 9.48. The third kappa shape index (κ3) is 4.24. The number of aryl methyl sites for hydroxylation is 4. The molecule has 0 bridgehead atoms. The molecule has 0 unspecified atom stereocenters. The normalized spacial score (nSPS) is 11.2. The fourth-order valence-corrected chi connectivity index (χ4v) is 4.54. The van der Waals surface area contributed by atoms with Gasteiger partial charge >= 0.3 is 0 Å². The van der Waals surface area contributed by atoms with Gasteiger partial charge in [0.25, 0.3) is 15.9 Å². The number of hydrogen-bond donors (Lipinski definition) is 1. The zero-order valence-corrected chi connectivity index (χ0v) is 18.7. The standard InChI is InChI=1S/C24H26N2O3S/c1-16-9-13-21(14-10-16)30(28,29)26(5)22-15-20(12-11-17(22)2)24(27)25-23-18(3)7-6-8-19(23)4/h6-15H,1-5H3,(H,25,27). The van der Waals surface area contributed by atoms with Gasteiger partial charge in [0, 0.05) is 18.3 Å². The molecule has 0 saturated heterocycles. The summed E-state index contributed by atoms with van der Waals surface area (Å²) in [5.41, 5.74) is 5.30. The summed E-state index contributed by atoms with van der Waals surface area (Å²) in [5, 5.41) is 2.95. The van der Waals surface area contributed by atoms with Crippen molar-refractivity contribution in [1.29, 1.82) is 0 Å². The molecule has 0 saturated carbocycles. The van der Waals surface area contributed by atoms with E-state index in [9.17, 15) is 13.2 Å². The van der Waals surface area contributed by atoms with Crippen molar-refractivity contribution in [3.8, 4) is 0 Å². The fraction of sp³-hybridized carbons (Fsp3) is 0.208. The van der Waals surface area contributed by atoms with Crippen LogP contribution in [0.4, 0.5) is 11.4 Å². The highest BCUT2D eigenvalue weighted by Crippen LogP contribution is 2.28. The molecule has 1 amide bonds. The van der Waals surface area contributed by atoms with Gasteiger partial charge in [-0.05, 0) is 68.7 Å². The predicted octanol–water partition coefficient (Wildman–Crippen LogP) is 5.00. The molecule has 3 rings (SSSR count). The van der Waals surface area contributed by atoms with Crippen molar-refractivity contribution >= 4 is 27.3 Å². The maximum absolute atomic E-state index is 13.1. The quantitative estimate of drug-likeness (QED) is 0.629. The third-order valence-electron chi connectivity index (χ3n) is 5.21. The van der Waals surface area contributed by atoms with Crippen molar-refractivity contribution in [2.45, 2.75) is 32.6 Å². The summed E-state index contributed by atoms with van der Waals surface area (Å²) in [4.78, 5) is 13.1. The molecule has 0 aliphatic carbocycles. The molecule has 3 aromatic carbocycles. The van der Waals surface area contributed by atoms with Crippen molar-refractivity contribution in [3.05, 3.63) is 88.5 Å². The summed E-state index contributed by atoms with van der Waals surface area (Å²) in [6.45, 7) is 7.60. The number of carbonyl (C=O) groups excluding carboxylic acids is 1. The Morgan fingerprint density at radius 3 is 2.03 bits per heavy atom. The molecule has 30 heavy (non-hydrogen) atoms. The molecule has 6 heteroatoms. The molecule has 1 N–H and O–H groups in total. The zero-order valence-electron chi connectivity index (χ0n) is 17.9. The van der Waals surface area contributed by atoms with Crippen LogP contribution in [-0.4, -0.2) is 21.4 Å². The second-order valence-electron chi connectivity index (χ2n) is 7.51. The van der Waals surface area contributed by atoms with Gasteiger partial charge in [-0.15, -0.1) is 0 Å². The summed E-state index contributed by atoms with van der Waals surface area (Å²) < 4.78 is 27.4. The van der Waals surface area contributed by atoms with Gasteiger partial charge < -0.3 is 5.32 Å². The maximum atomic E-state index is 13.1. The highest BCUT2D eigenvalue weighted by molar-refractivity contribution is 7.92. The van der Waals surface area contributed by atoms with Crippen LogP contribution in [0.5, 0.6) is 0 Å². The van der Waals surface area contributed by atoms with Gasteiger partial charge in [0.2, 0.25) is 0 Å². The van der Waals surface area contributed by atoms with Gasteiger partial charge in [-0.1, -0.05) is 42.0 Å². The number of amides is 1. The number of rotatable bonds is 5. The molecule has 0 heterocycles. The average molecular weight is 423 g/mol. The molecular formula is C24H26N2O3S. The van der Waals surface area contributed by atoms with Crippen LogP contribution in [0.2, 0.25) is 0 Å². The van der Waals surface area contributed by atoms with Crippen LogP contribution in [-0.2, 0) is 10.0 Å². The van der Waals surface area contributed by atoms with E-state index in [4.69, 9.17) is 0 Å². The number of benzene rings is 3. The average Bonchev–Trinajstić information content (AvgIpc) is 2.71. The Hall–Kier alpha value is -3.12. The topological polar surface area (TPSA) is 66.5 Å². The lowest BCUT2D eigenvalue weighted by atomic mass is 10.1. The Morgan fingerprint density at radius 2 is 1.43 bits per heavy atom. The number of nitrogens with one attached hydrogen (secondary N) is 1. The summed E-state index contributed by atoms with van der Waals surface area (Å²) in [6, 6.07) is 17.6. The molecule has 3 aromatic rings. The lowest BCUT2D eigenvalue weighted by Gasteiger charge is -2.22. The van der Waals surface area contributed by atoms with E-state index in [-0.39, 0.29) is 10.8 Å². The van der Waals surface area contributed by atoms with Crippen LogP contribution in [0.3, 0.4) is 0 Å². The molecule has 0 aliphatic heterocycles. The maximum Gasteiger partial charge on any atom is 0.264 e. The van der Waals surface area contributed by atoms with E-state index in [2.05, 4.69) is 5.32 Å². The van der Waals surface area contributed by atoms with Crippen LogP contribution < -0.4 is 9.62 Å².